The standard InChI is InChI=1S/C26H32N4O7/c1-17(27)24(33)29-20(12-13-23(32)36-15-18-8-4-2-5-9-18)25(34)30-21(14-22(28)31)26(35)37-16-19-10-6-3-7-11-19/h2-11,17,20-21H,12-16,27H2,1H3,(H2,28,31)(H,29,33)(H,30,34)/t17-,20-,21-/m0/s1. The molecule has 11 heteroatoms. The third-order valence-corrected chi connectivity index (χ3v) is 5.16. The lowest BCUT2D eigenvalue weighted by Crippen LogP contribution is -2.54. The summed E-state index contributed by atoms with van der Waals surface area (Å²) in [5.74, 6) is -3.77. The molecule has 0 aliphatic heterocycles. The molecule has 0 spiro atoms. The van der Waals surface area contributed by atoms with Crippen LogP contribution in [0.1, 0.15) is 37.3 Å². The second-order valence-electron chi connectivity index (χ2n) is 8.36. The van der Waals surface area contributed by atoms with Crippen LogP contribution in [0.25, 0.3) is 0 Å². The van der Waals surface area contributed by atoms with Crippen LogP contribution in [0, 0.1) is 0 Å². The molecule has 0 aliphatic carbocycles. The molecule has 0 aromatic heterocycles. The Morgan fingerprint density at radius 2 is 1.30 bits per heavy atom. The molecule has 2 aromatic rings. The number of benzene rings is 2. The first-order chi connectivity index (χ1) is 17.7. The molecule has 3 atom stereocenters. The Morgan fingerprint density at radius 1 is 0.784 bits per heavy atom. The number of nitrogens with two attached hydrogens (primary N) is 2. The van der Waals surface area contributed by atoms with Gasteiger partial charge in [-0.15, -0.1) is 0 Å². The number of hydrogen-bond donors (Lipinski definition) is 4. The van der Waals surface area contributed by atoms with E-state index in [1.165, 1.54) is 6.92 Å². The molecule has 0 saturated heterocycles. The molecule has 0 saturated carbocycles. The fourth-order valence-corrected chi connectivity index (χ4v) is 3.14. The van der Waals surface area contributed by atoms with Crippen molar-refractivity contribution in [1.82, 2.24) is 10.6 Å². The van der Waals surface area contributed by atoms with Gasteiger partial charge >= 0.3 is 11.9 Å². The highest BCUT2D eigenvalue weighted by atomic mass is 16.5. The van der Waals surface area contributed by atoms with Gasteiger partial charge in [-0.3, -0.25) is 19.2 Å². The summed E-state index contributed by atoms with van der Waals surface area (Å²) in [4.78, 5) is 61.5. The van der Waals surface area contributed by atoms with Gasteiger partial charge in [0, 0.05) is 6.42 Å². The molecule has 3 amide bonds. The highest BCUT2D eigenvalue weighted by Crippen LogP contribution is 2.08. The topological polar surface area (TPSA) is 180 Å². The number of primary amides is 1. The number of carbonyl (C=O) groups excluding carboxylic acids is 5. The molecule has 37 heavy (non-hydrogen) atoms. The maximum atomic E-state index is 13.0. The summed E-state index contributed by atoms with van der Waals surface area (Å²) in [6.07, 6.45) is -0.865. The number of carbonyl (C=O) groups is 5. The van der Waals surface area contributed by atoms with Crippen LogP contribution in [0.2, 0.25) is 0 Å². The number of nitrogens with one attached hydrogen (secondary N) is 2. The third kappa shape index (κ3) is 10.9. The van der Waals surface area contributed by atoms with Crippen LogP contribution >= 0.6 is 0 Å². The highest BCUT2D eigenvalue weighted by Gasteiger charge is 2.30. The zero-order chi connectivity index (χ0) is 27.2. The first-order valence-electron chi connectivity index (χ1n) is 11.7. The van der Waals surface area contributed by atoms with E-state index in [4.69, 9.17) is 20.9 Å². The van der Waals surface area contributed by atoms with E-state index < -0.39 is 54.2 Å². The van der Waals surface area contributed by atoms with Crippen LogP contribution in [0.15, 0.2) is 60.7 Å². The van der Waals surface area contributed by atoms with Crippen LogP contribution in [-0.2, 0) is 46.7 Å². The van der Waals surface area contributed by atoms with E-state index in [1.807, 2.05) is 6.07 Å². The van der Waals surface area contributed by atoms with Crippen molar-refractivity contribution in [2.75, 3.05) is 0 Å². The summed E-state index contributed by atoms with van der Waals surface area (Å²) in [7, 11) is 0. The lowest BCUT2D eigenvalue weighted by molar-refractivity contribution is -0.151. The molecule has 2 aromatic carbocycles. The third-order valence-electron chi connectivity index (χ3n) is 5.16. The maximum Gasteiger partial charge on any atom is 0.329 e. The van der Waals surface area contributed by atoms with Crippen LogP contribution in [0.4, 0.5) is 0 Å². The minimum atomic E-state index is -1.39. The zero-order valence-electron chi connectivity index (χ0n) is 20.6. The van der Waals surface area contributed by atoms with E-state index in [0.717, 1.165) is 5.56 Å². The van der Waals surface area contributed by atoms with E-state index >= 15 is 0 Å². The molecule has 0 unspecified atom stereocenters. The molecule has 198 valence electrons. The predicted molar refractivity (Wildman–Crippen MR) is 133 cm³/mol. The Kier molecular flexibility index (Phi) is 11.7. The normalized spacial score (nSPS) is 12.9. The van der Waals surface area contributed by atoms with Gasteiger partial charge in [-0.1, -0.05) is 60.7 Å². The Bertz CT molecular complexity index is 1060. The summed E-state index contributed by atoms with van der Waals surface area (Å²) in [5, 5.41) is 4.84. The van der Waals surface area contributed by atoms with Gasteiger partial charge in [0.15, 0.2) is 0 Å². The molecule has 0 bridgehead atoms. The number of amides is 3. The van der Waals surface area contributed by atoms with Crippen molar-refractivity contribution in [3.05, 3.63) is 71.8 Å². The van der Waals surface area contributed by atoms with Crippen LogP contribution in [0.5, 0.6) is 0 Å². The number of ether oxygens (including phenoxy) is 2. The summed E-state index contributed by atoms with van der Waals surface area (Å²) >= 11 is 0. The maximum absolute atomic E-state index is 13.0. The van der Waals surface area contributed by atoms with Gasteiger partial charge < -0.3 is 31.6 Å². The average Bonchev–Trinajstić information content (AvgIpc) is 2.88. The van der Waals surface area contributed by atoms with Gasteiger partial charge in [0.25, 0.3) is 0 Å². The summed E-state index contributed by atoms with van der Waals surface area (Å²) in [5.41, 5.74) is 12.3. The first-order valence-corrected chi connectivity index (χ1v) is 11.7. The first kappa shape index (κ1) is 29.0. The minimum absolute atomic E-state index is 0.0523. The van der Waals surface area contributed by atoms with Gasteiger partial charge in [0.2, 0.25) is 17.7 Å². The van der Waals surface area contributed by atoms with Gasteiger partial charge in [0.05, 0.1) is 12.5 Å². The van der Waals surface area contributed by atoms with E-state index in [0.29, 0.717) is 5.56 Å². The second kappa shape index (κ2) is 15.0. The van der Waals surface area contributed by atoms with E-state index in [2.05, 4.69) is 10.6 Å². The monoisotopic (exact) mass is 512 g/mol. The Balaban J connectivity index is 2.02. The molecule has 11 nitrogen and oxygen atoms in total. The molecule has 0 heterocycles. The smallest absolute Gasteiger partial charge is 0.329 e. The summed E-state index contributed by atoms with van der Waals surface area (Å²) < 4.78 is 10.4. The molecule has 6 N–H and O–H groups in total. The second-order valence-corrected chi connectivity index (χ2v) is 8.36. The molecular weight excluding hydrogens is 480 g/mol. The Hall–Kier alpha value is -4.25. The van der Waals surface area contributed by atoms with Crippen molar-refractivity contribution in [3.63, 3.8) is 0 Å². The highest BCUT2D eigenvalue weighted by molar-refractivity contribution is 5.93. The van der Waals surface area contributed by atoms with Crippen molar-refractivity contribution in [1.29, 1.82) is 0 Å². The lowest BCUT2D eigenvalue weighted by Gasteiger charge is -2.22. The van der Waals surface area contributed by atoms with Gasteiger partial charge in [-0.05, 0) is 24.5 Å². The quantitative estimate of drug-likeness (QED) is 0.263. The molecule has 0 aliphatic rings. The molecule has 0 fully saturated rings. The fraction of sp³-hybridized carbons (Fsp3) is 0.346. The van der Waals surface area contributed by atoms with Crippen molar-refractivity contribution >= 4 is 29.7 Å². The Labute approximate surface area is 214 Å². The Morgan fingerprint density at radius 3 is 1.81 bits per heavy atom. The van der Waals surface area contributed by atoms with Crippen molar-refractivity contribution in [2.45, 2.75) is 57.5 Å². The van der Waals surface area contributed by atoms with Gasteiger partial charge in [-0.2, -0.15) is 0 Å². The number of rotatable bonds is 14. The van der Waals surface area contributed by atoms with Crippen molar-refractivity contribution in [3.8, 4) is 0 Å². The van der Waals surface area contributed by atoms with E-state index in [9.17, 15) is 24.0 Å². The number of hydrogen-bond acceptors (Lipinski definition) is 8. The molecular formula is C26H32N4O7. The van der Waals surface area contributed by atoms with Gasteiger partial charge in [0.1, 0.15) is 25.3 Å². The lowest BCUT2D eigenvalue weighted by atomic mass is 10.1. The number of esters is 2. The van der Waals surface area contributed by atoms with Crippen LogP contribution in [-0.4, -0.2) is 47.8 Å². The van der Waals surface area contributed by atoms with E-state index in [1.54, 1.807) is 54.6 Å². The summed E-state index contributed by atoms with van der Waals surface area (Å²) in [6, 6.07) is 14.3. The summed E-state index contributed by atoms with van der Waals surface area (Å²) in [6.45, 7) is 1.40. The van der Waals surface area contributed by atoms with Crippen LogP contribution in [0.3, 0.4) is 0 Å². The average molecular weight is 513 g/mol. The molecule has 0 radical (unpaired) electrons. The molecule has 2 rings (SSSR count). The van der Waals surface area contributed by atoms with Crippen molar-refractivity contribution < 1.29 is 33.4 Å². The fourth-order valence-electron chi connectivity index (χ4n) is 3.14. The SMILES string of the molecule is C[C@H](N)C(=O)N[C@@H](CCC(=O)OCc1ccccc1)C(=O)N[C@@H](CC(N)=O)C(=O)OCc1ccccc1. The predicted octanol–water partition coefficient (Wildman–Crippen LogP) is 0.446. The minimum Gasteiger partial charge on any atom is -0.461 e. The van der Waals surface area contributed by atoms with Gasteiger partial charge in [-0.25, -0.2) is 4.79 Å². The van der Waals surface area contributed by atoms with E-state index in [-0.39, 0.29) is 26.1 Å². The van der Waals surface area contributed by atoms with Crippen molar-refractivity contribution in [2.24, 2.45) is 11.5 Å². The zero-order valence-corrected chi connectivity index (χ0v) is 20.6. The largest absolute Gasteiger partial charge is 0.461 e. The van der Waals surface area contributed by atoms with Crippen LogP contribution < -0.4 is 22.1 Å².